The quantitative estimate of drug-likeness (QED) is 0.833. The van der Waals surface area contributed by atoms with E-state index in [-0.39, 0.29) is 6.61 Å². The lowest BCUT2D eigenvalue weighted by Crippen LogP contribution is -2.46. The Bertz CT molecular complexity index is 621. The molecule has 1 aliphatic heterocycles. The molecule has 6 heteroatoms. The van der Waals surface area contributed by atoms with Gasteiger partial charge in [-0.15, -0.1) is 11.3 Å². The van der Waals surface area contributed by atoms with E-state index in [9.17, 15) is 0 Å². The van der Waals surface area contributed by atoms with Crippen molar-refractivity contribution in [2.75, 3.05) is 46.4 Å². The summed E-state index contributed by atoms with van der Waals surface area (Å²) in [6.07, 6.45) is 0.872. The fourth-order valence-electron chi connectivity index (χ4n) is 2.94. The van der Waals surface area contributed by atoms with Gasteiger partial charge in [0.15, 0.2) is 0 Å². The van der Waals surface area contributed by atoms with Gasteiger partial charge in [-0.05, 0) is 30.7 Å². The van der Waals surface area contributed by atoms with E-state index in [4.69, 9.17) is 14.8 Å². The summed E-state index contributed by atoms with van der Waals surface area (Å²) in [5, 5.41) is 12.1. The van der Waals surface area contributed by atoms with Crippen molar-refractivity contribution in [1.29, 1.82) is 0 Å². The molecule has 1 aromatic carbocycles. The van der Waals surface area contributed by atoms with Crippen LogP contribution in [0.1, 0.15) is 12.1 Å². The lowest BCUT2D eigenvalue weighted by Gasteiger charge is -2.34. The van der Waals surface area contributed by atoms with Gasteiger partial charge >= 0.3 is 0 Å². The van der Waals surface area contributed by atoms with Crippen LogP contribution in [0, 0.1) is 0 Å². The second-order valence-electron chi connectivity index (χ2n) is 6.07. The number of aromatic nitrogens is 1. The van der Waals surface area contributed by atoms with E-state index in [1.54, 1.807) is 18.4 Å². The van der Waals surface area contributed by atoms with Crippen LogP contribution < -0.4 is 4.74 Å². The summed E-state index contributed by atoms with van der Waals surface area (Å²) in [6, 6.07) is 8.06. The van der Waals surface area contributed by atoms with Crippen molar-refractivity contribution < 1.29 is 9.84 Å². The Morgan fingerprint density at radius 3 is 2.50 bits per heavy atom. The van der Waals surface area contributed by atoms with Crippen LogP contribution in [0.4, 0.5) is 0 Å². The van der Waals surface area contributed by atoms with Crippen molar-refractivity contribution in [2.45, 2.75) is 13.0 Å². The van der Waals surface area contributed by atoms with Gasteiger partial charge in [-0.3, -0.25) is 4.90 Å². The summed E-state index contributed by atoms with van der Waals surface area (Å²) in [4.78, 5) is 9.68. The Balaban J connectivity index is 1.53. The molecule has 0 unspecified atom stereocenters. The lowest BCUT2D eigenvalue weighted by atomic mass is 10.2. The van der Waals surface area contributed by atoms with E-state index < -0.39 is 0 Å². The molecule has 1 N–H and O–H groups in total. The molecule has 2 heterocycles. The largest absolute Gasteiger partial charge is 0.497 e. The lowest BCUT2D eigenvalue weighted by molar-refractivity contribution is 0.119. The van der Waals surface area contributed by atoms with Crippen LogP contribution in [-0.2, 0) is 6.54 Å². The second kappa shape index (κ2) is 8.58. The molecule has 1 aromatic heterocycles. The molecule has 24 heavy (non-hydrogen) atoms. The average Bonchev–Trinajstić information content (AvgIpc) is 3.10. The normalized spacial score (nSPS) is 16.4. The van der Waals surface area contributed by atoms with Crippen LogP contribution in [0.25, 0.3) is 10.6 Å². The second-order valence-corrected chi connectivity index (χ2v) is 6.93. The summed E-state index contributed by atoms with van der Waals surface area (Å²) < 4.78 is 5.20. The number of methoxy groups -OCH3 is 1. The van der Waals surface area contributed by atoms with E-state index in [1.165, 1.54) is 0 Å². The Hall–Kier alpha value is -1.47. The first-order valence-corrected chi connectivity index (χ1v) is 9.31. The maximum absolute atomic E-state index is 8.92. The highest BCUT2D eigenvalue weighted by atomic mass is 32.1. The first-order chi connectivity index (χ1) is 11.8. The fourth-order valence-corrected chi connectivity index (χ4v) is 3.76. The van der Waals surface area contributed by atoms with Crippen LogP contribution >= 0.6 is 11.3 Å². The van der Waals surface area contributed by atoms with Gasteiger partial charge in [0.1, 0.15) is 10.8 Å². The molecule has 3 rings (SSSR count). The SMILES string of the molecule is COc1ccc(-c2nc(CN3CCN(CCCO)CC3)cs2)cc1. The minimum absolute atomic E-state index is 0.285. The summed E-state index contributed by atoms with van der Waals surface area (Å²) in [6.45, 7) is 6.50. The van der Waals surface area contributed by atoms with Crippen molar-refractivity contribution in [3.05, 3.63) is 35.3 Å². The molecule has 0 aliphatic carbocycles. The molecule has 0 spiro atoms. The van der Waals surface area contributed by atoms with Crippen LogP contribution in [0.5, 0.6) is 5.75 Å². The van der Waals surface area contributed by atoms with E-state index in [2.05, 4.69) is 27.3 Å². The van der Waals surface area contributed by atoms with Crippen molar-refractivity contribution >= 4 is 11.3 Å². The monoisotopic (exact) mass is 347 g/mol. The first-order valence-electron chi connectivity index (χ1n) is 8.43. The van der Waals surface area contributed by atoms with Gasteiger partial charge in [0, 0.05) is 56.8 Å². The van der Waals surface area contributed by atoms with E-state index >= 15 is 0 Å². The molecule has 1 aliphatic rings. The Labute approximate surface area is 147 Å². The number of hydrogen-bond donors (Lipinski definition) is 1. The van der Waals surface area contributed by atoms with Gasteiger partial charge in [0.25, 0.3) is 0 Å². The average molecular weight is 347 g/mol. The third kappa shape index (κ3) is 4.54. The van der Waals surface area contributed by atoms with Crippen LogP contribution in [0.2, 0.25) is 0 Å². The Morgan fingerprint density at radius 1 is 1.12 bits per heavy atom. The third-order valence-electron chi connectivity index (χ3n) is 4.37. The molecule has 0 atom stereocenters. The highest BCUT2D eigenvalue weighted by Gasteiger charge is 2.17. The molecule has 5 nitrogen and oxygen atoms in total. The van der Waals surface area contributed by atoms with Gasteiger partial charge < -0.3 is 14.7 Å². The molecule has 0 bridgehead atoms. The number of benzene rings is 1. The molecule has 1 fully saturated rings. The third-order valence-corrected chi connectivity index (χ3v) is 5.31. The molecule has 2 aromatic rings. The maximum atomic E-state index is 8.92. The minimum Gasteiger partial charge on any atom is -0.497 e. The van der Waals surface area contributed by atoms with Crippen LogP contribution in [-0.4, -0.2) is 66.3 Å². The van der Waals surface area contributed by atoms with Crippen molar-refractivity contribution in [1.82, 2.24) is 14.8 Å². The molecule has 130 valence electrons. The van der Waals surface area contributed by atoms with Gasteiger partial charge in [-0.2, -0.15) is 0 Å². The van der Waals surface area contributed by atoms with Gasteiger partial charge in [-0.1, -0.05) is 0 Å². The van der Waals surface area contributed by atoms with Crippen LogP contribution in [0.15, 0.2) is 29.6 Å². The number of rotatable bonds is 7. The van der Waals surface area contributed by atoms with Crippen molar-refractivity contribution in [3.8, 4) is 16.3 Å². The summed E-state index contributed by atoms with van der Waals surface area (Å²) in [5.74, 6) is 0.870. The number of ether oxygens (including phenoxy) is 1. The Morgan fingerprint density at radius 2 is 1.83 bits per heavy atom. The maximum Gasteiger partial charge on any atom is 0.123 e. The zero-order valence-electron chi connectivity index (χ0n) is 14.1. The highest BCUT2D eigenvalue weighted by Crippen LogP contribution is 2.26. The fraction of sp³-hybridized carbons (Fsp3) is 0.500. The zero-order chi connectivity index (χ0) is 16.8. The zero-order valence-corrected chi connectivity index (χ0v) is 15.0. The van der Waals surface area contributed by atoms with E-state index in [1.807, 2.05) is 12.1 Å². The standard InChI is InChI=1S/C18H25N3O2S/c1-23-17-5-3-15(4-6-17)18-19-16(14-24-18)13-21-10-8-20(9-11-21)7-2-12-22/h3-6,14,22H,2,7-13H2,1H3. The number of thiazole rings is 1. The van der Waals surface area contributed by atoms with E-state index in [0.717, 1.165) is 67.7 Å². The molecular formula is C18H25N3O2S. The molecule has 1 saturated heterocycles. The highest BCUT2D eigenvalue weighted by molar-refractivity contribution is 7.13. The number of aliphatic hydroxyl groups excluding tert-OH is 1. The number of aliphatic hydroxyl groups is 1. The number of hydrogen-bond acceptors (Lipinski definition) is 6. The van der Waals surface area contributed by atoms with Crippen molar-refractivity contribution in [2.24, 2.45) is 0 Å². The predicted molar refractivity (Wildman–Crippen MR) is 97.5 cm³/mol. The summed E-state index contributed by atoms with van der Waals surface area (Å²) in [5.41, 5.74) is 2.29. The molecule has 0 amide bonds. The van der Waals surface area contributed by atoms with Gasteiger partial charge in [-0.25, -0.2) is 4.98 Å². The summed E-state index contributed by atoms with van der Waals surface area (Å²) >= 11 is 1.70. The molecule has 0 saturated carbocycles. The van der Waals surface area contributed by atoms with Gasteiger partial charge in [0.2, 0.25) is 0 Å². The predicted octanol–water partition coefficient (Wildman–Crippen LogP) is 2.32. The number of nitrogens with zero attached hydrogens (tertiary/aromatic N) is 3. The summed E-state index contributed by atoms with van der Waals surface area (Å²) in [7, 11) is 1.68. The minimum atomic E-state index is 0.285. The van der Waals surface area contributed by atoms with Gasteiger partial charge in [0.05, 0.1) is 12.8 Å². The topological polar surface area (TPSA) is 48.8 Å². The Kier molecular flexibility index (Phi) is 6.20. The smallest absolute Gasteiger partial charge is 0.123 e. The van der Waals surface area contributed by atoms with E-state index in [0.29, 0.717) is 0 Å². The molecular weight excluding hydrogens is 322 g/mol. The van der Waals surface area contributed by atoms with Crippen molar-refractivity contribution in [3.63, 3.8) is 0 Å². The molecule has 0 radical (unpaired) electrons. The first kappa shape index (κ1) is 17.4. The number of piperazine rings is 1. The van der Waals surface area contributed by atoms with Crippen LogP contribution in [0.3, 0.4) is 0 Å².